The van der Waals surface area contributed by atoms with Crippen molar-refractivity contribution in [2.75, 3.05) is 5.88 Å². The van der Waals surface area contributed by atoms with E-state index in [2.05, 4.69) is 5.32 Å². The third-order valence-corrected chi connectivity index (χ3v) is 3.61. The van der Waals surface area contributed by atoms with Crippen molar-refractivity contribution in [3.05, 3.63) is 39.4 Å². The Labute approximate surface area is 117 Å². The molecule has 0 saturated heterocycles. The lowest BCUT2D eigenvalue weighted by molar-refractivity contribution is -0.385. The molecule has 1 aromatic carbocycles. The molecule has 0 bridgehead atoms. The number of para-hydroxylation sites is 1. The first-order valence-corrected chi connectivity index (χ1v) is 6.52. The first kappa shape index (κ1) is 15.4. The number of nitrogens with zero attached hydrogens (tertiary/aromatic N) is 1. The van der Waals surface area contributed by atoms with E-state index in [1.165, 1.54) is 6.07 Å². The molecule has 2 atom stereocenters. The maximum atomic E-state index is 12.1. The van der Waals surface area contributed by atoms with Gasteiger partial charge >= 0.3 is 0 Å². The number of hydrogen-bond donors (Lipinski definition) is 1. The van der Waals surface area contributed by atoms with Crippen LogP contribution in [0.4, 0.5) is 5.69 Å². The summed E-state index contributed by atoms with van der Waals surface area (Å²) >= 11 is 5.72. The number of hydrogen-bond acceptors (Lipinski definition) is 3. The number of aryl methyl sites for hydroxylation is 1. The number of alkyl halides is 1. The van der Waals surface area contributed by atoms with E-state index in [1.54, 1.807) is 19.1 Å². The average Bonchev–Trinajstić information content (AvgIpc) is 2.36. The number of nitro groups is 1. The van der Waals surface area contributed by atoms with Crippen molar-refractivity contribution in [1.82, 2.24) is 5.32 Å². The Morgan fingerprint density at radius 2 is 2.11 bits per heavy atom. The molecule has 1 amide bonds. The molecule has 0 spiro atoms. The van der Waals surface area contributed by atoms with Gasteiger partial charge in [-0.2, -0.15) is 0 Å². The van der Waals surface area contributed by atoms with Crippen LogP contribution in [-0.2, 0) is 0 Å². The van der Waals surface area contributed by atoms with Crippen molar-refractivity contribution in [2.24, 2.45) is 5.92 Å². The number of carbonyl (C=O) groups is 1. The Bertz CT molecular complexity index is 491. The van der Waals surface area contributed by atoms with Gasteiger partial charge in [-0.3, -0.25) is 14.9 Å². The zero-order chi connectivity index (χ0) is 14.6. The standard InChI is InChI=1S/C13H17ClN2O3/c1-8-5-4-6-11(12(8)16(18)19)13(17)15-10(3)9(2)7-14/h4-6,9-10H,7H2,1-3H3,(H,15,17). The van der Waals surface area contributed by atoms with Crippen molar-refractivity contribution in [1.29, 1.82) is 0 Å². The first-order valence-electron chi connectivity index (χ1n) is 5.99. The number of rotatable bonds is 5. The first-order chi connectivity index (χ1) is 8.88. The quantitative estimate of drug-likeness (QED) is 0.513. The van der Waals surface area contributed by atoms with Crippen LogP contribution in [0, 0.1) is 23.0 Å². The molecule has 2 unspecified atom stereocenters. The summed E-state index contributed by atoms with van der Waals surface area (Å²) < 4.78 is 0. The lowest BCUT2D eigenvalue weighted by Gasteiger charge is -2.19. The highest BCUT2D eigenvalue weighted by Gasteiger charge is 2.24. The van der Waals surface area contributed by atoms with Gasteiger partial charge in [0.15, 0.2) is 0 Å². The molecule has 1 N–H and O–H groups in total. The minimum absolute atomic E-state index is 0.0821. The fourth-order valence-corrected chi connectivity index (χ4v) is 1.91. The van der Waals surface area contributed by atoms with Gasteiger partial charge in [0.05, 0.1) is 4.92 Å². The molecule has 0 fully saturated rings. The number of benzene rings is 1. The van der Waals surface area contributed by atoms with E-state index >= 15 is 0 Å². The second-order valence-corrected chi connectivity index (χ2v) is 4.93. The van der Waals surface area contributed by atoms with Gasteiger partial charge in [0.25, 0.3) is 11.6 Å². The SMILES string of the molecule is Cc1cccc(C(=O)NC(C)C(C)CCl)c1[N+](=O)[O-]. The molecule has 1 rings (SSSR count). The van der Waals surface area contributed by atoms with Crippen LogP contribution in [0.15, 0.2) is 18.2 Å². The van der Waals surface area contributed by atoms with E-state index in [0.717, 1.165) is 0 Å². The summed E-state index contributed by atoms with van der Waals surface area (Å²) in [5.74, 6) is 0.0616. The summed E-state index contributed by atoms with van der Waals surface area (Å²) in [6, 6.07) is 4.55. The largest absolute Gasteiger partial charge is 0.349 e. The van der Waals surface area contributed by atoms with Crippen molar-refractivity contribution in [3.63, 3.8) is 0 Å². The topological polar surface area (TPSA) is 72.2 Å². The molecular weight excluding hydrogens is 268 g/mol. The summed E-state index contributed by atoms with van der Waals surface area (Å²) in [6.07, 6.45) is 0. The highest BCUT2D eigenvalue weighted by molar-refractivity contribution is 6.18. The molecule has 0 aromatic heterocycles. The maximum absolute atomic E-state index is 12.1. The Morgan fingerprint density at radius 1 is 1.47 bits per heavy atom. The monoisotopic (exact) mass is 284 g/mol. The lowest BCUT2D eigenvalue weighted by Crippen LogP contribution is -2.38. The van der Waals surface area contributed by atoms with E-state index < -0.39 is 10.8 Å². The third kappa shape index (κ3) is 3.67. The molecule has 0 aliphatic carbocycles. The number of amides is 1. The molecular formula is C13H17ClN2O3. The van der Waals surface area contributed by atoms with Crippen LogP contribution in [0.25, 0.3) is 0 Å². The van der Waals surface area contributed by atoms with Crippen LogP contribution in [0.3, 0.4) is 0 Å². The highest BCUT2D eigenvalue weighted by atomic mass is 35.5. The molecule has 0 radical (unpaired) electrons. The van der Waals surface area contributed by atoms with E-state index in [4.69, 9.17) is 11.6 Å². The number of halogens is 1. The van der Waals surface area contributed by atoms with Crippen LogP contribution >= 0.6 is 11.6 Å². The zero-order valence-corrected chi connectivity index (χ0v) is 11.9. The van der Waals surface area contributed by atoms with Crippen LogP contribution in [-0.4, -0.2) is 22.8 Å². The van der Waals surface area contributed by atoms with Crippen molar-refractivity contribution >= 4 is 23.2 Å². The zero-order valence-electron chi connectivity index (χ0n) is 11.1. The van der Waals surface area contributed by atoms with Crippen molar-refractivity contribution in [3.8, 4) is 0 Å². The lowest BCUT2D eigenvalue weighted by atomic mass is 10.0. The summed E-state index contributed by atoms with van der Waals surface area (Å²) in [7, 11) is 0. The van der Waals surface area contributed by atoms with E-state index in [1.807, 2.05) is 13.8 Å². The molecule has 0 aliphatic rings. The Kier molecular flexibility index (Phi) is 5.30. The second-order valence-electron chi connectivity index (χ2n) is 4.62. The summed E-state index contributed by atoms with van der Waals surface area (Å²) in [6.45, 7) is 5.34. The summed E-state index contributed by atoms with van der Waals surface area (Å²) in [4.78, 5) is 22.6. The van der Waals surface area contributed by atoms with Gasteiger partial charge in [-0.05, 0) is 25.8 Å². The second kappa shape index (κ2) is 6.52. The normalized spacial score (nSPS) is 13.7. The van der Waals surface area contributed by atoms with Gasteiger partial charge in [0.1, 0.15) is 5.56 Å². The number of carbonyl (C=O) groups excluding carboxylic acids is 1. The molecule has 1 aromatic rings. The van der Waals surface area contributed by atoms with Gasteiger partial charge in [-0.25, -0.2) is 0 Å². The van der Waals surface area contributed by atoms with Crippen molar-refractivity contribution in [2.45, 2.75) is 26.8 Å². The van der Waals surface area contributed by atoms with Crippen LogP contribution < -0.4 is 5.32 Å². The van der Waals surface area contributed by atoms with Gasteiger partial charge < -0.3 is 5.32 Å². The Morgan fingerprint density at radius 3 is 2.63 bits per heavy atom. The van der Waals surface area contributed by atoms with Gasteiger partial charge in [0, 0.05) is 17.5 Å². The Balaban J connectivity index is 3.01. The van der Waals surface area contributed by atoms with Crippen LogP contribution in [0.1, 0.15) is 29.8 Å². The summed E-state index contributed by atoms with van der Waals surface area (Å²) in [5.41, 5.74) is 0.403. The molecule has 0 saturated carbocycles. The minimum atomic E-state index is -0.528. The van der Waals surface area contributed by atoms with E-state index in [0.29, 0.717) is 11.4 Å². The van der Waals surface area contributed by atoms with Crippen molar-refractivity contribution < 1.29 is 9.72 Å². The highest BCUT2D eigenvalue weighted by Crippen LogP contribution is 2.23. The van der Waals surface area contributed by atoms with Gasteiger partial charge in [-0.1, -0.05) is 19.1 Å². The molecule has 19 heavy (non-hydrogen) atoms. The molecule has 6 heteroatoms. The third-order valence-electron chi connectivity index (χ3n) is 3.12. The fraction of sp³-hybridized carbons (Fsp3) is 0.462. The van der Waals surface area contributed by atoms with Crippen LogP contribution in [0.5, 0.6) is 0 Å². The van der Waals surface area contributed by atoms with Crippen LogP contribution in [0.2, 0.25) is 0 Å². The predicted molar refractivity (Wildman–Crippen MR) is 74.6 cm³/mol. The smallest absolute Gasteiger partial charge is 0.285 e. The Hall–Kier alpha value is -1.62. The fourth-order valence-electron chi connectivity index (χ4n) is 1.64. The van der Waals surface area contributed by atoms with Gasteiger partial charge in [-0.15, -0.1) is 11.6 Å². The average molecular weight is 285 g/mol. The predicted octanol–water partition coefficient (Wildman–Crippen LogP) is 2.90. The molecule has 104 valence electrons. The van der Waals surface area contributed by atoms with Gasteiger partial charge in [0.2, 0.25) is 0 Å². The molecule has 0 aliphatic heterocycles. The number of nitrogens with one attached hydrogen (secondary N) is 1. The molecule has 5 nitrogen and oxygen atoms in total. The van der Waals surface area contributed by atoms with E-state index in [9.17, 15) is 14.9 Å². The maximum Gasteiger partial charge on any atom is 0.285 e. The minimum Gasteiger partial charge on any atom is -0.349 e. The molecule has 0 heterocycles. The summed E-state index contributed by atoms with van der Waals surface area (Å²) in [5, 5.41) is 13.8. The number of nitro benzene ring substituents is 1. The van der Waals surface area contributed by atoms with E-state index in [-0.39, 0.29) is 23.2 Å².